The van der Waals surface area contributed by atoms with E-state index in [1.165, 1.54) is 0 Å². The van der Waals surface area contributed by atoms with E-state index < -0.39 is 28.6 Å². The summed E-state index contributed by atoms with van der Waals surface area (Å²) in [7, 11) is -4.72. The van der Waals surface area contributed by atoms with Crippen LogP contribution in [0.5, 0.6) is 0 Å². The molecule has 7 nitrogen and oxygen atoms in total. The Bertz CT molecular complexity index is 802. The Morgan fingerprint density at radius 2 is 1.78 bits per heavy atom. The van der Waals surface area contributed by atoms with Crippen LogP contribution in [0.1, 0.15) is 64.7 Å². The Morgan fingerprint density at radius 1 is 1.12 bits per heavy atom. The molecule has 0 saturated heterocycles. The van der Waals surface area contributed by atoms with Crippen molar-refractivity contribution in [1.29, 1.82) is 0 Å². The smallest absolute Gasteiger partial charge is 0.726 e. The van der Waals surface area contributed by atoms with E-state index >= 15 is 0 Å². The molecular formula is C22H32Na2O7S. The fraction of sp³-hybridized carbons (Fsp3) is 0.864. The van der Waals surface area contributed by atoms with Gasteiger partial charge >= 0.3 is 59.1 Å². The topological polar surface area (TPSA) is 127 Å². The van der Waals surface area contributed by atoms with Gasteiger partial charge in [-0.3, -0.25) is 4.18 Å². The van der Waals surface area contributed by atoms with E-state index in [1.807, 2.05) is 6.08 Å². The molecule has 4 aliphatic rings. The molecule has 9 atom stereocenters. The zero-order valence-electron chi connectivity index (χ0n) is 19.4. The molecule has 32 heavy (non-hydrogen) atoms. The Kier molecular flexibility index (Phi) is 10.8. The van der Waals surface area contributed by atoms with Crippen molar-refractivity contribution in [2.45, 2.75) is 76.9 Å². The summed E-state index contributed by atoms with van der Waals surface area (Å²) in [5.74, 6) is 1.83. The molecule has 0 heterocycles. The van der Waals surface area contributed by atoms with Crippen molar-refractivity contribution in [1.82, 2.24) is 0 Å². The summed E-state index contributed by atoms with van der Waals surface area (Å²) in [5.41, 5.74) is 1.05. The predicted octanol–water partition coefficient (Wildman–Crippen LogP) is -4.22. The summed E-state index contributed by atoms with van der Waals surface area (Å²) in [6, 6.07) is 0. The van der Waals surface area contributed by atoms with Gasteiger partial charge in [-0.05, 0) is 99.2 Å². The van der Waals surface area contributed by atoms with Crippen LogP contribution in [0.25, 0.3) is 0 Å². The third kappa shape index (κ3) is 6.42. The van der Waals surface area contributed by atoms with Gasteiger partial charge in [0.15, 0.2) is 0 Å². The summed E-state index contributed by atoms with van der Waals surface area (Å²) < 4.78 is 37.6. The minimum Gasteiger partial charge on any atom is -0.726 e. The largest absolute Gasteiger partial charge is 1.00 e. The number of carboxylic acid groups (broad SMARTS) is 1. The summed E-state index contributed by atoms with van der Waals surface area (Å²) in [4.78, 5) is 10.9. The van der Waals surface area contributed by atoms with Gasteiger partial charge in [-0.15, -0.1) is 0 Å². The number of fused-ring (bicyclic) bond motifs is 5. The molecule has 0 radical (unpaired) electrons. The molecule has 0 bridgehead atoms. The molecule has 0 aromatic rings. The van der Waals surface area contributed by atoms with E-state index in [0.29, 0.717) is 54.8 Å². The van der Waals surface area contributed by atoms with Gasteiger partial charge in [-0.2, -0.15) is 0 Å². The molecule has 3 fully saturated rings. The summed E-state index contributed by atoms with van der Waals surface area (Å²) in [6.45, 7) is 2.16. The molecule has 1 N–H and O–H groups in total. The maximum absolute atomic E-state index is 11.0. The Morgan fingerprint density at radius 3 is 2.44 bits per heavy atom. The first-order chi connectivity index (χ1) is 14.1. The van der Waals surface area contributed by atoms with Crippen LogP contribution in [0.3, 0.4) is 0 Å². The molecule has 4 rings (SSSR count). The van der Waals surface area contributed by atoms with Crippen LogP contribution in [-0.4, -0.2) is 36.3 Å². The van der Waals surface area contributed by atoms with Crippen LogP contribution in [-0.2, 0) is 19.4 Å². The number of aliphatic hydroxyl groups excluding tert-OH is 1. The Labute approximate surface area is 235 Å². The second kappa shape index (κ2) is 11.8. The molecule has 2 unspecified atom stereocenters. The predicted molar refractivity (Wildman–Crippen MR) is 105 cm³/mol. The normalized spacial score (nSPS) is 39.3. The van der Waals surface area contributed by atoms with Crippen LogP contribution in [0.2, 0.25) is 0 Å². The van der Waals surface area contributed by atoms with Gasteiger partial charge in [0.25, 0.3) is 0 Å². The number of hydrogen-bond donors (Lipinski definition) is 1. The van der Waals surface area contributed by atoms with Gasteiger partial charge in [-0.1, -0.05) is 18.6 Å². The monoisotopic (exact) mass is 486 g/mol. The molecular weight excluding hydrogens is 454 g/mol. The number of carbonyl (C=O) groups excluding carboxylic acids is 1. The van der Waals surface area contributed by atoms with Crippen molar-refractivity contribution in [3.05, 3.63) is 11.6 Å². The summed E-state index contributed by atoms with van der Waals surface area (Å²) in [6.07, 6.45) is 7.60. The maximum Gasteiger partial charge on any atom is 1.00 e. The Balaban J connectivity index is 0.00000181. The average Bonchev–Trinajstić information content (AvgIpc) is 3.08. The summed E-state index contributed by atoms with van der Waals surface area (Å²) >= 11 is 0. The van der Waals surface area contributed by atoms with Crippen LogP contribution in [0, 0.1) is 41.4 Å². The average molecular weight is 487 g/mol. The molecule has 0 amide bonds. The van der Waals surface area contributed by atoms with E-state index in [9.17, 15) is 28.0 Å². The molecule has 0 aromatic heterocycles. The van der Waals surface area contributed by atoms with Gasteiger partial charge in [0.1, 0.15) is 0 Å². The third-order valence-electron chi connectivity index (χ3n) is 8.58. The van der Waals surface area contributed by atoms with Crippen LogP contribution in [0.15, 0.2) is 11.6 Å². The van der Waals surface area contributed by atoms with E-state index in [0.717, 1.165) is 37.7 Å². The van der Waals surface area contributed by atoms with Crippen molar-refractivity contribution in [2.75, 3.05) is 0 Å². The first-order valence-corrected chi connectivity index (χ1v) is 12.7. The fourth-order valence-corrected chi connectivity index (χ4v) is 8.00. The number of carbonyl (C=O) groups is 1. The number of carboxylic acids is 1. The van der Waals surface area contributed by atoms with Gasteiger partial charge in [0, 0.05) is 5.97 Å². The Hall–Kier alpha value is 1.04. The minimum absolute atomic E-state index is 0. The first-order valence-electron chi connectivity index (χ1n) is 11.4. The SMILES string of the molecule is C[C@H](CCC(=O)[O-])C1CC[C@H]2[C@H]3C(CC[C@H]12)[C@H]1CC[C@H](OS(=O)(=O)[O-])CC1=C[C@H]3O.[Na+].[Na+]. The number of rotatable bonds is 6. The quantitative estimate of drug-likeness (QED) is 0.175. The fourth-order valence-electron chi connectivity index (χ4n) is 7.50. The van der Waals surface area contributed by atoms with E-state index in [2.05, 4.69) is 6.92 Å². The zero-order valence-corrected chi connectivity index (χ0v) is 24.3. The second-order valence-electron chi connectivity index (χ2n) is 10.0. The van der Waals surface area contributed by atoms with Crippen LogP contribution < -0.4 is 64.2 Å². The van der Waals surface area contributed by atoms with Gasteiger partial charge in [-0.25, -0.2) is 8.42 Å². The van der Waals surface area contributed by atoms with Crippen molar-refractivity contribution in [3.8, 4) is 0 Å². The number of hydrogen-bond acceptors (Lipinski definition) is 7. The van der Waals surface area contributed by atoms with Gasteiger partial charge in [0.2, 0.25) is 10.4 Å². The molecule has 0 aliphatic heterocycles. The van der Waals surface area contributed by atoms with Crippen LogP contribution >= 0.6 is 0 Å². The summed E-state index contributed by atoms with van der Waals surface area (Å²) in [5, 5.41) is 21.9. The molecule has 10 heteroatoms. The molecule has 4 aliphatic carbocycles. The van der Waals surface area contributed by atoms with E-state index in [1.54, 1.807) is 0 Å². The minimum atomic E-state index is -4.72. The van der Waals surface area contributed by atoms with E-state index in [-0.39, 0.29) is 71.5 Å². The van der Waals surface area contributed by atoms with Crippen LogP contribution in [0.4, 0.5) is 0 Å². The van der Waals surface area contributed by atoms with Crippen molar-refractivity contribution in [2.24, 2.45) is 41.4 Å². The third-order valence-corrected chi connectivity index (χ3v) is 9.09. The molecule has 170 valence electrons. The molecule has 3 saturated carbocycles. The number of aliphatic carboxylic acids is 1. The van der Waals surface area contributed by atoms with Gasteiger partial charge < -0.3 is 19.6 Å². The number of aliphatic hydroxyl groups is 1. The van der Waals surface area contributed by atoms with Crippen molar-refractivity contribution in [3.63, 3.8) is 0 Å². The van der Waals surface area contributed by atoms with E-state index in [4.69, 9.17) is 4.18 Å². The maximum atomic E-state index is 11.0. The second-order valence-corrected chi connectivity index (χ2v) is 11.0. The van der Waals surface area contributed by atoms with Gasteiger partial charge in [0.05, 0.1) is 12.2 Å². The van der Waals surface area contributed by atoms with Crippen molar-refractivity contribution >= 4 is 16.4 Å². The zero-order chi connectivity index (χ0) is 21.6. The van der Waals surface area contributed by atoms with Crippen molar-refractivity contribution < 1.29 is 91.3 Å². The molecule has 0 aromatic carbocycles. The standard InChI is InChI=1S/C22H34O7S.2Na/c1-12(2-9-21(24)25)15-5-7-19-17(15)6-8-18-16-4-3-14(29-30(26,27)28)10-13(16)11-20(23)22(18)19;;/h11-12,14-20,22-23H,2-10H2,1H3,(H,24,25)(H,26,27,28);;/q;2*+1/p-2/t12-,14+,15?,16+,17-,18?,19-,20-,22-;;/m1../s1. The molecule has 0 spiro atoms. The first kappa shape index (κ1) is 29.3.